The monoisotopic (exact) mass is 235 g/mol. The van der Waals surface area contributed by atoms with Crippen LogP contribution in [-0.2, 0) is 6.54 Å². The summed E-state index contributed by atoms with van der Waals surface area (Å²) >= 11 is 5.38. The van der Waals surface area contributed by atoms with E-state index >= 15 is 0 Å². The molecule has 0 radical (unpaired) electrons. The fraction of sp³-hybridized carbons (Fsp3) is 0.462. The first-order valence-corrected chi connectivity index (χ1v) is 6.11. The summed E-state index contributed by atoms with van der Waals surface area (Å²) in [6.07, 6.45) is 3.58. The highest BCUT2D eigenvalue weighted by atomic mass is 32.1. The second kappa shape index (κ2) is 5.30. The van der Waals surface area contributed by atoms with E-state index < -0.39 is 0 Å². The van der Waals surface area contributed by atoms with E-state index in [0.29, 0.717) is 0 Å². The molecule has 1 aromatic carbocycles. The third kappa shape index (κ3) is 2.73. The van der Waals surface area contributed by atoms with Gasteiger partial charge in [-0.15, -0.1) is 0 Å². The average Bonchev–Trinajstić information content (AvgIpc) is 2.33. The Labute approximate surface area is 102 Å². The van der Waals surface area contributed by atoms with Crippen molar-refractivity contribution < 1.29 is 4.74 Å². The molecule has 0 N–H and O–H groups in total. The van der Waals surface area contributed by atoms with Gasteiger partial charge in [-0.05, 0) is 37.0 Å². The molecule has 1 fully saturated rings. The summed E-state index contributed by atoms with van der Waals surface area (Å²) in [4.78, 5) is 3.42. The molecule has 0 unspecified atom stereocenters. The molecule has 1 saturated heterocycles. The second-order valence-electron chi connectivity index (χ2n) is 4.12. The molecule has 2 nitrogen and oxygen atoms in total. The van der Waals surface area contributed by atoms with Crippen molar-refractivity contribution in [1.82, 2.24) is 4.90 Å². The number of piperidine rings is 1. The molecule has 0 saturated carbocycles. The SMILES string of the molecule is COc1ccc(CN2CCCCC2=S)cc1. The number of rotatable bonds is 3. The van der Waals surface area contributed by atoms with E-state index in [4.69, 9.17) is 17.0 Å². The number of likely N-dealkylation sites (tertiary alicyclic amines) is 1. The van der Waals surface area contributed by atoms with Crippen LogP contribution in [0.3, 0.4) is 0 Å². The summed E-state index contributed by atoms with van der Waals surface area (Å²) in [7, 11) is 1.69. The largest absolute Gasteiger partial charge is 0.497 e. The average molecular weight is 235 g/mol. The molecule has 1 aromatic rings. The maximum absolute atomic E-state index is 5.38. The fourth-order valence-corrected chi connectivity index (χ4v) is 2.28. The van der Waals surface area contributed by atoms with Crippen molar-refractivity contribution in [1.29, 1.82) is 0 Å². The van der Waals surface area contributed by atoms with Gasteiger partial charge < -0.3 is 9.64 Å². The van der Waals surface area contributed by atoms with Crippen LogP contribution in [0.5, 0.6) is 5.75 Å². The van der Waals surface area contributed by atoms with Gasteiger partial charge in [-0.3, -0.25) is 0 Å². The van der Waals surface area contributed by atoms with Crippen LogP contribution >= 0.6 is 12.2 Å². The molecular formula is C13H17NOS. The van der Waals surface area contributed by atoms with Crippen molar-refractivity contribution in [2.24, 2.45) is 0 Å². The summed E-state index contributed by atoms with van der Waals surface area (Å²) in [5, 5.41) is 0. The molecule has 86 valence electrons. The molecule has 0 bridgehead atoms. The number of hydrogen-bond donors (Lipinski definition) is 0. The van der Waals surface area contributed by atoms with Crippen LogP contribution in [0, 0.1) is 0 Å². The number of ether oxygens (including phenoxy) is 1. The predicted octanol–water partition coefficient (Wildman–Crippen LogP) is 3.01. The Hall–Kier alpha value is -1.09. The van der Waals surface area contributed by atoms with E-state index in [9.17, 15) is 0 Å². The third-order valence-electron chi connectivity index (χ3n) is 2.95. The third-order valence-corrected chi connectivity index (χ3v) is 3.42. The highest BCUT2D eigenvalue weighted by molar-refractivity contribution is 7.80. The van der Waals surface area contributed by atoms with E-state index in [2.05, 4.69) is 17.0 Å². The highest BCUT2D eigenvalue weighted by Crippen LogP contribution is 2.17. The van der Waals surface area contributed by atoms with Gasteiger partial charge in [0.2, 0.25) is 0 Å². The molecule has 0 amide bonds. The zero-order valence-corrected chi connectivity index (χ0v) is 10.4. The second-order valence-corrected chi connectivity index (χ2v) is 4.59. The van der Waals surface area contributed by atoms with Crippen molar-refractivity contribution in [2.45, 2.75) is 25.8 Å². The van der Waals surface area contributed by atoms with Gasteiger partial charge in [-0.25, -0.2) is 0 Å². The van der Waals surface area contributed by atoms with Crippen molar-refractivity contribution in [2.75, 3.05) is 13.7 Å². The molecule has 0 aliphatic carbocycles. The standard InChI is InChI=1S/C13H17NOS/c1-15-12-7-5-11(6-8-12)10-14-9-3-2-4-13(14)16/h5-8H,2-4,9-10H2,1H3. The Bertz CT molecular complexity index is 361. The van der Waals surface area contributed by atoms with Crippen LogP contribution in [0.15, 0.2) is 24.3 Å². The topological polar surface area (TPSA) is 12.5 Å². The normalized spacial score (nSPS) is 16.3. The number of hydrogen-bond acceptors (Lipinski definition) is 2. The number of thiocarbonyl (C=S) groups is 1. The summed E-state index contributed by atoms with van der Waals surface area (Å²) in [5.41, 5.74) is 1.30. The molecule has 0 atom stereocenters. The minimum Gasteiger partial charge on any atom is -0.497 e. The Morgan fingerprint density at radius 2 is 2.00 bits per heavy atom. The fourth-order valence-electron chi connectivity index (χ4n) is 1.98. The molecule has 0 spiro atoms. The summed E-state index contributed by atoms with van der Waals surface area (Å²) in [5.74, 6) is 0.907. The van der Waals surface area contributed by atoms with Gasteiger partial charge in [0, 0.05) is 13.1 Å². The molecule has 16 heavy (non-hydrogen) atoms. The lowest BCUT2D eigenvalue weighted by Gasteiger charge is -2.29. The Balaban J connectivity index is 1.99. The summed E-state index contributed by atoms with van der Waals surface area (Å²) < 4.78 is 5.14. The summed E-state index contributed by atoms with van der Waals surface area (Å²) in [6.45, 7) is 2.04. The maximum Gasteiger partial charge on any atom is 0.118 e. The van der Waals surface area contributed by atoms with Gasteiger partial charge in [-0.1, -0.05) is 24.4 Å². The number of methoxy groups -OCH3 is 1. The van der Waals surface area contributed by atoms with Crippen LogP contribution in [0.2, 0.25) is 0 Å². The van der Waals surface area contributed by atoms with E-state index in [1.165, 1.54) is 18.4 Å². The first-order valence-electron chi connectivity index (χ1n) is 5.70. The smallest absolute Gasteiger partial charge is 0.118 e. The van der Waals surface area contributed by atoms with E-state index in [1.807, 2.05) is 12.1 Å². The Morgan fingerprint density at radius 1 is 1.25 bits per heavy atom. The molecule has 3 heteroatoms. The molecule has 2 rings (SSSR count). The lowest BCUT2D eigenvalue weighted by atomic mass is 10.1. The highest BCUT2D eigenvalue weighted by Gasteiger charge is 2.14. The quantitative estimate of drug-likeness (QED) is 0.747. The molecule has 0 aromatic heterocycles. The van der Waals surface area contributed by atoms with Crippen LogP contribution in [-0.4, -0.2) is 23.5 Å². The minimum absolute atomic E-state index is 0.907. The number of benzene rings is 1. The van der Waals surface area contributed by atoms with Crippen molar-refractivity contribution in [3.05, 3.63) is 29.8 Å². The Kier molecular flexibility index (Phi) is 3.78. The van der Waals surface area contributed by atoms with Crippen molar-refractivity contribution >= 4 is 17.2 Å². The Morgan fingerprint density at radius 3 is 2.62 bits per heavy atom. The van der Waals surface area contributed by atoms with Crippen molar-refractivity contribution in [3.63, 3.8) is 0 Å². The molecule has 1 aliphatic heterocycles. The van der Waals surface area contributed by atoms with Gasteiger partial charge in [-0.2, -0.15) is 0 Å². The van der Waals surface area contributed by atoms with Crippen LogP contribution < -0.4 is 4.74 Å². The van der Waals surface area contributed by atoms with Gasteiger partial charge in [0.05, 0.1) is 12.1 Å². The predicted molar refractivity (Wildman–Crippen MR) is 69.9 cm³/mol. The summed E-state index contributed by atoms with van der Waals surface area (Å²) in [6, 6.07) is 8.22. The van der Waals surface area contributed by atoms with E-state index in [-0.39, 0.29) is 0 Å². The lowest BCUT2D eigenvalue weighted by molar-refractivity contribution is 0.371. The lowest BCUT2D eigenvalue weighted by Crippen LogP contribution is -2.33. The first kappa shape index (κ1) is 11.4. The van der Waals surface area contributed by atoms with E-state index in [1.54, 1.807) is 7.11 Å². The van der Waals surface area contributed by atoms with Gasteiger partial charge in [0.25, 0.3) is 0 Å². The van der Waals surface area contributed by atoms with Crippen LogP contribution in [0.1, 0.15) is 24.8 Å². The van der Waals surface area contributed by atoms with Crippen LogP contribution in [0.4, 0.5) is 0 Å². The minimum atomic E-state index is 0.907. The van der Waals surface area contributed by atoms with Crippen molar-refractivity contribution in [3.8, 4) is 5.75 Å². The van der Waals surface area contributed by atoms with E-state index in [0.717, 1.165) is 30.2 Å². The van der Waals surface area contributed by atoms with Gasteiger partial charge in [0.1, 0.15) is 5.75 Å². The molecular weight excluding hydrogens is 218 g/mol. The van der Waals surface area contributed by atoms with Gasteiger partial charge in [0.15, 0.2) is 0 Å². The van der Waals surface area contributed by atoms with Crippen LogP contribution in [0.25, 0.3) is 0 Å². The zero-order valence-electron chi connectivity index (χ0n) is 9.61. The first-order chi connectivity index (χ1) is 7.79. The zero-order chi connectivity index (χ0) is 11.4. The molecule has 1 aliphatic rings. The maximum atomic E-state index is 5.38. The van der Waals surface area contributed by atoms with Gasteiger partial charge >= 0.3 is 0 Å². The molecule has 1 heterocycles. The number of nitrogens with zero attached hydrogens (tertiary/aromatic N) is 1.